The maximum Gasteiger partial charge on any atom is 0.00956 e. The van der Waals surface area contributed by atoms with Crippen molar-refractivity contribution in [2.24, 2.45) is 5.92 Å². The lowest BCUT2D eigenvalue weighted by molar-refractivity contribution is 0.328. The van der Waals surface area contributed by atoms with Crippen LogP contribution in [0.2, 0.25) is 0 Å². The number of hydrogen-bond donors (Lipinski definition) is 1. The van der Waals surface area contributed by atoms with Crippen LogP contribution in [0, 0.1) is 5.92 Å². The van der Waals surface area contributed by atoms with E-state index in [9.17, 15) is 0 Å². The molecule has 2 atom stereocenters. The van der Waals surface area contributed by atoms with Gasteiger partial charge in [-0.3, -0.25) is 0 Å². The summed E-state index contributed by atoms with van der Waals surface area (Å²) in [6.07, 6.45) is 9.72. The van der Waals surface area contributed by atoms with Crippen molar-refractivity contribution in [2.75, 3.05) is 12.3 Å². The van der Waals surface area contributed by atoms with Gasteiger partial charge in [-0.1, -0.05) is 44.4 Å². The SMILES string of the molecule is CCCNC1CCCCCC1CCSc1ccccc1. The maximum absolute atomic E-state index is 3.80. The maximum atomic E-state index is 3.80. The van der Waals surface area contributed by atoms with Crippen LogP contribution in [0.4, 0.5) is 0 Å². The Kier molecular flexibility index (Phi) is 7.53. The van der Waals surface area contributed by atoms with Gasteiger partial charge in [0.15, 0.2) is 0 Å². The van der Waals surface area contributed by atoms with E-state index in [4.69, 9.17) is 0 Å². The topological polar surface area (TPSA) is 12.0 Å². The van der Waals surface area contributed by atoms with Gasteiger partial charge in [-0.05, 0) is 56.0 Å². The molecule has 0 aromatic heterocycles. The number of rotatable bonds is 7. The van der Waals surface area contributed by atoms with Crippen LogP contribution in [0.1, 0.15) is 51.9 Å². The molecule has 20 heavy (non-hydrogen) atoms. The van der Waals surface area contributed by atoms with Crippen molar-refractivity contribution in [2.45, 2.75) is 62.8 Å². The smallest absolute Gasteiger partial charge is 0.00956 e. The summed E-state index contributed by atoms with van der Waals surface area (Å²) >= 11 is 2.02. The zero-order valence-electron chi connectivity index (χ0n) is 12.8. The Hall–Kier alpha value is -0.470. The van der Waals surface area contributed by atoms with E-state index in [2.05, 4.69) is 42.6 Å². The molecule has 1 aromatic rings. The number of hydrogen-bond acceptors (Lipinski definition) is 2. The third kappa shape index (κ3) is 5.49. The van der Waals surface area contributed by atoms with Crippen LogP contribution in [0.25, 0.3) is 0 Å². The molecule has 0 aliphatic heterocycles. The van der Waals surface area contributed by atoms with E-state index >= 15 is 0 Å². The Morgan fingerprint density at radius 1 is 1.10 bits per heavy atom. The molecule has 0 radical (unpaired) electrons. The lowest BCUT2D eigenvalue weighted by Crippen LogP contribution is -2.36. The molecule has 0 heterocycles. The molecule has 0 bridgehead atoms. The Labute approximate surface area is 128 Å². The van der Waals surface area contributed by atoms with Gasteiger partial charge in [-0.15, -0.1) is 11.8 Å². The van der Waals surface area contributed by atoms with Crippen LogP contribution in [0.3, 0.4) is 0 Å². The third-order valence-corrected chi connectivity index (χ3v) is 5.36. The second-order valence-electron chi connectivity index (χ2n) is 5.91. The fourth-order valence-electron chi connectivity index (χ4n) is 3.17. The van der Waals surface area contributed by atoms with Gasteiger partial charge < -0.3 is 5.32 Å². The molecule has 2 unspecified atom stereocenters. The fraction of sp³-hybridized carbons (Fsp3) is 0.667. The lowest BCUT2D eigenvalue weighted by Gasteiger charge is -2.26. The monoisotopic (exact) mass is 291 g/mol. The molecule has 0 amide bonds. The van der Waals surface area contributed by atoms with E-state index in [1.807, 2.05) is 11.8 Å². The van der Waals surface area contributed by atoms with Crippen molar-refractivity contribution < 1.29 is 0 Å². The molecular weight excluding hydrogens is 262 g/mol. The molecule has 0 spiro atoms. The highest BCUT2D eigenvalue weighted by Crippen LogP contribution is 2.29. The first-order chi connectivity index (χ1) is 9.90. The zero-order chi connectivity index (χ0) is 14.0. The molecule has 1 aliphatic carbocycles. The van der Waals surface area contributed by atoms with Crippen molar-refractivity contribution in [3.05, 3.63) is 30.3 Å². The average Bonchev–Trinajstić information content (AvgIpc) is 2.71. The second-order valence-corrected chi connectivity index (χ2v) is 7.08. The van der Waals surface area contributed by atoms with E-state index < -0.39 is 0 Å². The van der Waals surface area contributed by atoms with E-state index in [0.29, 0.717) is 0 Å². The highest BCUT2D eigenvalue weighted by Gasteiger charge is 2.22. The van der Waals surface area contributed by atoms with Gasteiger partial charge >= 0.3 is 0 Å². The Morgan fingerprint density at radius 2 is 1.90 bits per heavy atom. The third-order valence-electron chi connectivity index (χ3n) is 4.32. The highest BCUT2D eigenvalue weighted by atomic mass is 32.2. The van der Waals surface area contributed by atoms with E-state index in [1.54, 1.807) is 0 Å². The first-order valence-electron chi connectivity index (χ1n) is 8.31. The average molecular weight is 292 g/mol. The van der Waals surface area contributed by atoms with Gasteiger partial charge in [0.2, 0.25) is 0 Å². The lowest BCUT2D eigenvalue weighted by atomic mass is 9.92. The van der Waals surface area contributed by atoms with Gasteiger partial charge in [0.05, 0.1) is 0 Å². The van der Waals surface area contributed by atoms with Gasteiger partial charge in [0.25, 0.3) is 0 Å². The standard InChI is InChI=1S/C18H29NS/c1-2-14-19-18-12-8-3-5-9-16(18)13-15-20-17-10-6-4-7-11-17/h4,6-7,10-11,16,18-19H,2-3,5,8-9,12-15H2,1H3. The van der Waals surface area contributed by atoms with Gasteiger partial charge in [0, 0.05) is 10.9 Å². The van der Waals surface area contributed by atoms with Crippen LogP contribution in [-0.2, 0) is 0 Å². The Balaban J connectivity index is 1.78. The predicted octanol–water partition coefficient (Wildman–Crippen LogP) is 5.12. The molecule has 1 nitrogen and oxygen atoms in total. The van der Waals surface area contributed by atoms with Crippen molar-refractivity contribution in [3.8, 4) is 0 Å². The summed E-state index contributed by atoms with van der Waals surface area (Å²) in [5.41, 5.74) is 0. The predicted molar refractivity (Wildman–Crippen MR) is 90.4 cm³/mol. The summed E-state index contributed by atoms with van der Waals surface area (Å²) in [7, 11) is 0. The van der Waals surface area contributed by atoms with Crippen LogP contribution < -0.4 is 5.32 Å². The summed E-state index contributed by atoms with van der Waals surface area (Å²) in [5.74, 6) is 2.15. The fourth-order valence-corrected chi connectivity index (χ4v) is 4.18. The molecule has 2 heteroatoms. The minimum Gasteiger partial charge on any atom is -0.314 e. The largest absolute Gasteiger partial charge is 0.314 e. The summed E-state index contributed by atoms with van der Waals surface area (Å²) in [4.78, 5) is 1.42. The normalized spacial score (nSPS) is 23.4. The quantitative estimate of drug-likeness (QED) is 0.553. The van der Waals surface area contributed by atoms with Crippen molar-refractivity contribution in [3.63, 3.8) is 0 Å². The second kappa shape index (κ2) is 9.46. The van der Waals surface area contributed by atoms with Crippen LogP contribution in [-0.4, -0.2) is 18.3 Å². The van der Waals surface area contributed by atoms with Crippen molar-refractivity contribution in [1.82, 2.24) is 5.32 Å². The van der Waals surface area contributed by atoms with E-state index in [0.717, 1.165) is 12.0 Å². The molecule has 1 fully saturated rings. The molecule has 112 valence electrons. The molecule has 0 saturated heterocycles. The number of thioether (sulfide) groups is 1. The zero-order valence-corrected chi connectivity index (χ0v) is 13.6. The Morgan fingerprint density at radius 3 is 2.70 bits per heavy atom. The minimum absolute atomic E-state index is 0.772. The highest BCUT2D eigenvalue weighted by molar-refractivity contribution is 7.99. The van der Waals surface area contributed by atoms with Crippen molar-refractivity contribution >= 4 is 11.8 Å². The summed E-state index contributed by atoms with van der Waals surface area (Å²) in [6.45, 7) is 3.46. The first-order valence-corrected chi connectivity index (χ1v) is 9.30. The molecule has 1 aliphatic rings. The van der Waals surface area contributed by atoms with E-state index in [1.165, 1.54) is 62.1 Å². The van der Waals surface area contributed by atoms with Crippen LogP contribution in [0.15, 0.2) is 35.2 Å². The van der Waals surface area contributed by atoms with Gasteiger partial charge in [0.1, 0.15) is 0 Å². The summed E-state index contributed by atoms with van der Waals surface area (Å²) < 4.78 is 0. The molecule has 1 N–H and O–H groups in total. The summed E-state index contributed by atoms with van der Waals surface area (Å²) in [5, 5.41) is 3.80. The summed E-state index contributed by atoms with van der Waals surface area (Å²) in [6, 6.07) is 11.6. The molecule has 2 rings (SSSR count). The number of benzene rings is 1. The minimum atomic E-state index is 0.772. The number of nitrogens with one attached hydrogen (secondary N) is 1. The van der Waals surface area contributed by atoms with Crippen molar-refractivity contribution in [1.29, 1.82) is 0 Å². The van der Waals surface area contributed by atoms with E-state index in [-0.39, 0.29) is 0 Å². The van der Waals surface area contributed by atoms with Crippen LogP contribution >= 0.6 is 11.8 Å². The van der Waals surface area contributed by atoms with Gasteiger partial charge in [-0.25, -0.2) is 0 Å². The molecular formula is C18H29NS. The molecule has 1 aromatic carbocycles. The molecule has 1 saturated carbocycles. The first kappa shape index (κ1) is 15.9. The van der Waals surface area contributed by atoms with Gasteiger partial charge in [-0.2, -0.15) is 0 Å². The Bertz CT molecular complexity index is 352. The van der Waals surface area contributed by atoms with Crippen LogP contribution in [0.5, 0.6) is 0 Å².